The number of ether oxygens (including phenoxy) is 1. The Morgan fingerprint density at radius 1 is 1.00 bits per heavy atom. The van der Waals surface area contributed by atoms with Gasteiger partial charge in [-0.1, -0.05) is 47.5 Å². The van der Waals surface area contributed by atoms with E-state index in [0.717, 1.165) is 10.8 Å². The summed E-state index contributed by atoms with van der Waals surface area (Å²) in [6.45, 7) is 0. The summed E-state index contributed by atoms with van der Waals surface area (Å²) in [5.74, 6) is 6.31. The van der Waals surface area contributed by atoms with Crippen molar-refractivity contribution >= 4 is 39.9 Å². The summed E-state index contributed by atoms with van der Waals surface area (Å²) in [6, 6.07) is 11.2. The van der Waals surface area contributed by atoms with Crippen molar-refractivity contribution in [2.45, 2.75) is 0 Å². The number of hydrazine groups is 1. The van der Waals surface area contributed by atoms with Gasteiger partial charge in [0, 0.05) is 15.8 Å². The van der Waals surface area contributed by atoms with Crippen molar-refractivity contribution in [3.8, 4) is 11.6 Å². The van der Waals surface area contributed by atoms with E-state index < -0.39 is 0 Å². The smallest absolute Gasteiger partial charge is 0.243 e. The lowest BCUT2D eigenvalue weighted by Gasteiger charge is -2.10. The van der Waals surface area contributed by atoms with Gasteiger partial charge in [-0.05, 0) is 12.1 Å². The third-order valence-electron chi connectivity index (χ3n) is 2.88. The van der Waals surface area contributed by atoms with Crippen LogP contribution in [0.15, 0.2) is 42.6 Å². The van der Waals surface area contributed by atoms with Crippen molar-refractivity contribution in [2.75, 3.05) is 5.43 Å². The Morgan fingerprint density at radius 3 is 2.52 bits per heavy atom. The van der Waals surface area contributed by atoms with Crippen LogP contribution in [0.1, 0.15) is 0 Å². The highest BCUT2D eigenvalue weighted by Crippen LogP contribution is 2.35. The zero-order chi connectivity index (χ0) is 14.8. The Hall–Kier alpha value is -2.08. The quantitative estimate of drug-likeness (QED) is 0.563. The first kappa shape index (κ1) is 13.9. The molecular weight excluding hydrogens is 311 g/mol. The van der Waals surface area contributed by atoms with E-state index in [4.69, 9.17) is 33.8 Å². The SMILES string of the molecule is NNc1ncc(Cl)c(Oc2ccc(Cl)c3ccccc23)n1. The van der Waals surface area contributed by atoms with Crippen LogP contribution in [0.2, 0.25) is 10.0 Å². The van der Waals surface area contributed by atoms with Crippen molar-refractivity contribution in [3.63, 3.8) is 0 Å². The molecule has 3 rings (SSSR count). The predicted molar refractivity (Wildman–Crippen MR) is 83.9 cm³/mol. The van der Waals surface area contributed by atoms with E-state index >= 15 is 0 Å². The third-order valence-corrected chi connectivity index (χ3v) is 3.47. The minimum absolute atomic E-state index is 0.215. The molecule has 7 heteroatoms. The molecule has 3 N–H and O–H groups in total. The maximum absolute atomic E-state index is 6.18. The van der Waals surface area contributed by atoms with E-state index in [2.05, 4.69) is 15.4 Å². The number of fused-ring (bicyclic) bond motifs is 1. The number of rotatable bonds is 3. The highest BCUT2D eigenvalue weighted by molar-refractivity contribution is 6.35. The van der Waals surface area contributed by atoms with Crippen molar-refractivity contribution < 1.29 is 4.74 Å². The van der Waals surface area contributed by atoms with Crippen LogP contribution >= 0.6 is 23.2 Å². The van der Waals surface area contributed by atoms with Crippen molar-refractivity contribution in [2.24, 2.45) is 5.84 Å². The van der Waals surface area contributed by atoms with Crippen LogP contribution in [-0.2, 0) is 0 Å². The predicted octanol–water partition coefficient (Wildman–Crippen LogP) is 4.01. The second kappa shape index (κ2) is 5.73. The molecule has 21 heavy (non-hydrogen) atoms. The molecule has 3 aromatic rings. The number of nitrogen functional groups attached to an aromatic ring is 1. The fourth-order valence-electron chi connectivity index (χ4n) is 1.92. The van der Waals surface area contributed by atoms with Crippen molar-refractivity contribution in [3.05, 3.63) is 52.6 Å². The summed E-state index contributed by atoms with van der Waals surface area (Å²) < 4.78 is 5.78. The van der Waals surface area contributed by atoms with Gasteiger partial charge >= 0.3 is 0 Å². The lowest BCUT2D eigenvalue weighted by atomic mass is 10.1. The molecule has 0 atom stereocenters. The number of halogens is 2. The lowest BCUT2D eigenvalue weighted by Crippen LogP contribution is -2.10. The third kappa shape index (κ3) is 2.71. The van der Waals surface area contributed by atoms with Crippen molar-refractivity contribution in [1.29, 1.82) is 0 Å². The minimum atomic E-state index is 0.215. The fraction of sp³-hybridized carbons (Fsp3) is 0. The molecule has 0 bridgehead atoms. The number of nitrogens with zero attached hydrogens (tertiary/aromatic N) is 2. The first-order valence-electron chi connectivity index (χ1n) is 6.03. The van der Waals surface area contributed by atoms with E-state index in [1.165, 1.54) is 6.20 Å². The molecule has 0 aliphatic rings. The normalized spacial score (nSPS) is 10.6. The molecular formula is C14H10Cl2N4O. The molecule has 0 aliphatic carbocycles. The second-order valence-corrected chi connectivity index (χ2v) is 5.00. The van der Waals surface area contributed by atoms with Crippen LogP contribution < -0.4 is 16.0 Å². The molecule has 0 aliphatic heterocycles. The van der Waals surface area contributed by atoms with Crippen LogP contribution in [0.4, 0.5) is 5.95 Å². The van der Waals surface area contributed by atoms with E-state index in [9.17, 15) is 0 Å². The van der Waals surface area contributed by atoms with E-state index in [-0.39, 0.29) is 16.9 Å². The lowest BCUT2D eigenvalue weighted by molar-refractivity contribution is 0.468. The number of anilines is 1. The van der Waals surface area contributed by atoms with Crippen molar-refractivity contribution in [1.82, 2.24) is 9.97 Å². The van der Waals surface area contributed by atoms with Gasteiger partial charge in [0.2, 0.25) is 11.8 Å². The van der Waals surface area contributed by atoms with Crippen LogP contribution in [0.5, 0.6) is 11.6 Å². The topological polar surface area (TPSA) is 73.1 Å². The molecule has 0 spiro atoms. The van der Waals surface area contributed by atoms with Gasteiger partial charge in [-0.3, -0.25) is 5.43 Å². The largest absolute Gasteiger partial charge is 0.437 e. The van der Waals surface area contributed by atoms with E-state index in [1.54, 1.807) is 12.1 Å². The number of hydrogen-bond donors (Lipinski definition) is 2. The maximum Gasteiger partial charge on any atom is 0.243 e. The Labute approximate surface area is 130 Å². The molecule has 2 aromatic carbocycles. The first-order chi connectivity index (χ1) is 10.2. The Balaban J connectivity index is 2.08. The number of benzene rings is 2. The molecule has 5 nitrogen and oxygen atoms in total. The Morgan fingerprint density at radius 2 is 1.76 bits per heavy atom. The number of hydrogen-bond acceptors (Lipinski definition) is 5. The van der Waals surface area contributed by atoms with Gasteiger partial charge in [0.1, 0.15) is 10.8 Å². The fourth-order valence-corrected chi connectivity index (χ4v) is 2.28. The number of aromatic nitrogens is 2. The average Bonchev–Trinajstić information content (AvgIpc) is 2.52. The monoisotopic (exact) mass is 320 g/mol. The summed E-state index contributed by atoms with van der Waals surface area (Å²) >= 11 is 12.2. The molecule has 0 unspecified atom stereocenters. The summed E-state index contributed by atoms with van der Waals surface area (Å²) in [6.07, 6.45) is 1.41. The molecule has 0 saturated carbocycles. The van der Waals surface area contributed by atoms with Gasteiger partial charge in [0.25, 0.3) is 0 Å². The van der Waals surface area contributed by atoms with Gasteiger partial charge in [0.15, 0.2) is 0 Å². The van der Waals surface area contributed by atoms with E-state index in [1.807, 2.05) is 24.3 Å². The molecule has 0 radical (unpaired) electrons. The maximum atomic E-state index is 6.18. The van der Waals surface area contributed by atoms with Gasteiger partial charge in [-0.15, -0.1) is 0 Å². The van der Waals surface area contributed by atoms with E-state index in [0.29, 0.717) is 10.8 Å². The first-order valence-corrected chi connectivity index (χ1v) is 6.79. The van der Waals surface area contributed by atoms with Crippen LogP contribution in [0.3, 0.4) is 0 Å². The zero-order valence-electron chi connectivity index (χ0n) is 10.7. The minimum Gasteiger partial charge on any atom is -0.437 e. The zero-order valence-corrected chi connectivity index (χ0v) is 12.2. The Bertz CT molecular complexity index is 810. The average molecular weight is 321 g/mol. The molecule has 1 heterocycles. The van der Waals surface area contributed by atoms with Crippen LogP contribution in [0.25, 0.3) is 10.8 Å². The summed E-state index contributed by atoms with van der Waals surface area (Å²) in [4.78, 5) is 7.98. The second-order valence-electron chi connectivity index (χ2n) is 4.18. The van der Waals surface area contributed by atoms with Gasteiger partial charge in [-0.25, -0.2) is 10.8 Å². The number of nitrogens with two attached hydrogens (primary N) is 1. The summed E-state index contributed by atoms with van der Waals surface area (Å²) in [5.41, 5.74) is 2.34. The highest BCUT2D eigenvalue weighted by atomic mass is 35.5. The molecule has 1 aromatic heterocycles. The summed E-state index contributed by atoms with van der Waals surface area (Å²) in [7, 11) is 0. The molecule has 0 saturated heterocycles. The van der Waals surface area contributed by atoms with Gasteiger partial charge in [-0.2, -0.15) is 4.98 Å². The molecule has 0 fully saturated rings. The van der Waals surface area contributed by atoms with Gasteiger partial charge in [0.05, 0.1) is 6.20 Å². The standard InChI is InChI=1S/C14H10Cl2N4O/c15-10-5-6-12(9-4-2-1-3-8(9)10)21-13-11(16)7-18-14(19-13)20-17/h1-7H,17H2,(H,18,19,20). The van der Waals surface area contributed by atoms with Crippen LogP contribution in [0, 0.1) is 0 Å². The van der Waals surface area contributed by atoms with Crippen LogP contribution in [-0.4, -0.2) is 9.97 Å². The molecule has 0 amide bonds. The Kier molecular flexibility index (Phi) is 3.79. The highest BCUT2D eigenvalue weighted by Gasteiger charge is 2.11. The molecule has 106 valence electrons. The number of nitrogens with one attached hydrogen (secondary N) is 1. The van der Waals surface area contributed by atoms with Gasteiger partial charge < -0.3 is 4.74 Å². The summed E-state index contributed by atoms with van der Waals surface area (Å²) in [5, 5.41) is 2.69.